The van der Waals surface area contributed by atoms with Crippen LogP contribution in [0.1, 0.15) is 35.6 Å². The predicted octanol–water partition coefficient (Wildman–Crippen LogP) is 4.30. The molecule has 1 saturated heterocycles. The number of hydrogen-bond acceptors (Lipinski definition) is 3. The summed E-state index contributed by atoms with van der Waals surface area (Å²) in [6.07, 6.45) is 1.33. The van der Waals surface area contributed by atoms with E-state index in [9.17, 15) is 13.2 Å². The van der Waals surface area contributed by atoms with Crippen LogP contribution in [0.3, 0.4) is 0 Å². The van der Waals surface area contributed by atoms with Gasteiger partial charge >= 0.3 is 0 Å². The minimum atomic E-state index is -3.61. The number of aryl methyl sites for hydroxylation is 1. The second-order valence-corrected chi connectivity index (χ2v) is 10.2. The van der Waals surface area contributed by atoms with Crippen molar-refractivity contribution in [3.8, 4) is 0 Å². The number of benzene rings is 3. The lowest BCUT2D eigenvalue weighted by atomic mass is 9.94. The van der Waals surface area contributed by atoms with Gasteiger partial charge in [-0.1, -0.05) is 78.4 Å². The summed E-state index contributed by atoms with van der Waals surface area (Å²) in [6.45, 7) is 2.65. The number of piperidine rings is 1. The zero-order valence-electron chi connectivity index (χ0n) is 18.1. The molecule has 1 aliphatic heterocycles. The van der Waals surface area contributed by atoms with Crippen LogP contribution < -0.4 is 5.32 Å². The van der Waals surface area contributed by atoms with Crippen LogP contribution in [-0.4, -0.2) is 31.7 Å². The first-order valence-corrected chi connectivity index (χ1v) is 12.4. The summed E-state index contributed by atoms with van der Waals surface area (Å²) in [5, 5.41) is 3.20. The molecule has 32 heavy (non-hydrogen) atoms. The smallest absolute Gasteiger partial charge is 0.243 e. The fourth-order valence-corrected chi connectivity index (χ4v) is 5.78. The Labute approximate surface area is 190 Å². The number of carbonyl (C=O) groups is 1. The van der Waals surface area contributed by atoms with Gasteiger partial charge in [-0.15, -0.1) is 0 Å². The molecule has 2 atom stereocenters. The number of rotatable bonds is 6. The van der Waals surface area contributed by atoms with Gasteiger partial charge in [0.05, 0.1) is 16.9 Å². The van der Waals surface area contributed by atoms with Crippen molar-refractivity contribution in [2.24, 2.45) is 5.92 Å². The number of carbonyl (C=O) groups excluding carboxylic acids is 1. The van der Waals surface area contributed by atoms with Gasteiger partial charge in [0.1, 0.15) is 0 Å². The first kappa shape index (κ1) is 22.2. The van der Waals surface area contributed by atoms with Gasteiger partial charge in [0.25, 0.3) is 0 Å². The van der Waals surface area contributed by atoms with Gasteiger partial charge in [-0.3, -0.25) is 4.79 Å². The fourth-order valence-electron chi connectivity index (χ4n) is 4.23. The molecule has 4 rings (SSSR count). The Balaban J connectivity index is 1.55. The van der Waals surface area contributed by atoms with Gasteiger partial charge in [-0.25, -0.2) is 8.42 Å². The van der Waals surface area contributed by atoms with E-state index >= 15 is 0 Å². The Kier molecular flexibility index (Phi) is 6.72. The highest BCUT2D eigenvalue weighted by molar-refractivity contribution is 7.89. The third-order valence-corrected chi connectivity index (χ3v) is 7.81. The van der Waals surface area contributed by atoms with E-state index in [-0.39, 0.29) is 23.4 Å². The standard InChI is InChI=1S/C26H28N2O3S/c1-20-10-8-13-22(18-20)25(21-11-4-2-5-12-21)27-26(29)23-14-9-17-28(19-23)32(30,31)24-15-6-3-7-16-24/h2-8,10-13,15-16,18,23,25H,9,14,17,19H2,1H3,(H,27,29). The van der Waals surface area contributed by atoms with E-state index in [0.29, 0.717) is 19.4 Å². The Hall–Kier alpha value is -2.96. The van der Waals surface area contributed by atoms with Crippen LogP contribution in [0.15, 0.2) is 89.8 Å². The third-order valence-electron chi connectivity index (χ3n) is 5.93. The second-order valence-electron chi connectivity index (χ2n) is 8.28. The third kappa shape index (κ3) is 4.92. The second kappa shape index (κ2) is 9.67. The number of amides is 1. The van der Waals surface area contributed by atoms with Gasteiger partial charge in [-0.2, -0.15) is 4.31 Å². The molecular weight excluding hydrogens is 420 g/mol. The highest BCUT2D eigenvalue weighted by atomic mass is 32.2. The fraction of sp³-hybridized carbons (Fsp3) is 0.269. The lowest BCUT2D eigenvalue weighted by molar-refractivity contribution is -0.126. The Morgan fingerprint density at radius 3 is 2.28 bits per heavy atom. The quantitative estimate of drug-likeness (QED) is 0.611. The summed E-state index contributed by atoms with van der Waals surface area (Å²) in [4.78, 5) is 13.6. The van der Waals surface area contributed by atoms with Crippen molar-refractivity contribution in [3.05, 3.63) is 102 Å². The van der Waals surface area contributed by atoms with E-state index in [4.69, 9.17) is 0 Å². The summed E-state index contributed by atoms with van der Waals surface area (Å²) in [5.41, 5.74) is 3.13. The van der Waals surface area contributed by atoms with Crippen molar-refractivity contribution in [1.82, 2.24) is 9.62 Å². The molecule has 5 nitrogen and oxygen atoms in total. The molecule has 1 fully saturated rings. The lowest BCUT2D eigenvalue weighted by Crippen LogP contribution is -2.46. The molecule has 0 saturated carbocycles. The molecule has 1 heterocycles. The van der Waals surface area contributed by atoms with Gasteiger partial charge in [0, 0.05) is 13.1 Å². The van der Waals surface area contributed by atoms with Crippen LogP contribution in [-0.2, 0) is 14.8 Å². The van der Waals surface area contributed by atoms with Crippen LogP contribution in [0.4, 0.5) is 0 Å². The molecule has 3 aromatic carbocycles. The summed E-state index contributed by atoms with van der Waals surface area (Å²) in [7, 11) is -3.61. The summed E-state index contributed by atoms with van der Waals surface area (Å²) in [6, 6.07) is 26.1. The van der Waals surface area contributed by atoms with Gasteiger partial charge in [-0.05, 0) is 43.0 Å². The normalized spacial score (nSPS) is 18.1. The molecule has 1 aliphatic rings. The van der Waals surface area contributed by atoms with Crippen molar-refractivity contribution >= 4 is 15.9 Å². The molecule has 166 valence electrons. The average Bonchev–Trinajstić information content (AvgIpc) is 2.83. The van der Waals surface area contributed by atoms with E-state index in [1.165, 1.54) is 4.31 Å². The number of sulfonamides is 1. The van der Waals surface area contributed by atoms with Crippen molar-refractivity contribution in [1.29, 1.82) is 0 Å². The van der Waals surface area contributed by atoms with Crippen molar-refractivity contribution in [2.75, 3.05) is 13.1 Å². The maximum atomic E-state index is 13.3. The Bertz CT molecular complexity index is 1160. The first-order valence-electron chi connectivity index (χ1n) is 10.9. The minimum Gasteiger partial charge on any atom is -0.345 e. The lowest BCUT2D eigenvalue weighted by Gasteiger charge is -2.32. The number of nitrogens with zero attached hydrogens (tertiary/aromatic N) is 1. The topological polar surface area (TPSA) is 66.5 Å². The van der Waals surface area contributed by atoms with E-state index in [0.717, 1.165) is 16.7 Å². The average molecular weight is 449 g/mol. The van der Waals surface area contributed by atoms with Gasteiger partial charge < -0.3 is 5.32 Å². The van der Waals surface area contributed by atoms with Crippen LogP contribution >= 0.6 is 0 Å². The van der Waals surface area contributed by atoms with Crippen LogP contribution in [0.5, 0.6) is 0 Å². The van der Waals surface area contributed by atoms with Crippen LogP contribution in [0.25, 0.3) is 0 Å². The molecule has 6 heteroatoms. The highest BCUT2D eigenvalue weighted by Crippen LogP contribution is 2.27. The minimum absolute atomic E-state index is 0.117. The molecule has 2 unspecified atom stereocenters. The zero-order valence-corrected chi connectivity index (χ0v) is 19.0. The van der Waals surface area contributed by atoms with Crippen LogP contribution in [0, 0.1) is 12.8 Å². The summed E-state index contributed by atoms with van der Waals surface area (Å²) >= 11 is 0. The Morgan fingerprint density at radius 2 is 1.59 bits per heavy atom. The molecule has 0 radical (unpaired) electrons. The van der Waals surface area contributed by atoms with E-state index in [1.54, 1.807) is 30.3 Å². The Morgan fingerprint density at radius 1 is 0.938 bits per heavy atom. The molecule has 0 aromatic heterocycles. The van der Waals surface area contributed by atoms with Crippen molar-refractivity contribution in [2.45, 2.75) is 30.7 Å². The molecule has 0 aliphatic carbocycles. The van der Waals surface area contributed by atoms with E-state index < -0.39 is 15.9 Å². The largest absolute Gasteiger partial charge is 0.345 e. The monoisotopic (exact) mass is 448 g/mol. The first-order chi connectivity index (χ1) is 15.4. The SMILES string of the molecule is Cc1cccc(C(NC(=O)C2CCCN(S(=O)(=O)c3ccccc3)C2)c2ccccc2)c1. The maximum Gasteiger partial charge on any atom is 0.243 e. The number of hydrogen-bond donors (Lipinski definition) is 1. The molecule has 1 N–H and O–H groups in total. The summed E-state index contributed by atoms with van der Waals surface area (Å²) < 4.78 is 27.5. The molecule has 0 spiro atoms. The molecular formula is C26H28N2O3S. The van der Waals surface area contributed by atoms with Crippen molar-refractivity contribution < 1.29 is 13.2 Å². The molecule has 0 bridgehead atoms. The molecule has 1 amide bonds. The van der Waals surface area contributed by atoms with E-state index in [1.807, 2.05) is 55.5 Å². The maximum absolute atomic E-state index is 13.3. The molecule has 3 aromatic rings. The van der Waals surface area contributed by atoms with Crippen LogP contribution in [0.2, 0.25) is 0 Å². The van der Waals surface area contributed by atoms with E-state index in [2.05, 4.69) is 11.4 Å². The summed E-state index contributed by atoms with van der Waals surface area (Å²) in [5.74, 6) is -0.508. The zero-order chi connectivity index (χ0) is 22.6. The van der Waals surface area contributed by atoms with Gasteiger partial charge in [0.15, 0.2) is 0 Å². The van der Waals surface area contributed by atoms with Crippen molar-refractivity contribution in [3.63, 3.8) is 0 Å². The number of nitrogens with one attached hydrogen (secondary N) is 1. The predicted molar refractivity (Wildman–Crippen MR) is 126 cm³/mol. The highest BCUT2D eigenvalue weighted by Gasteiger charge is 2.34. The van der Waals surface area contributed by atoms with Gasteiger partial charge in [0.2, 0.25) is 15.9 Å².